The van der Waals surface area contributed by atoms with Crippen molar-refractivity contribution in [2.45, 2.75) is 57.4 Å². The van der Waals surface area contributed by atoms with Crippen LogP contribution in [-0.4, -0.2) is 65.4 Å². The molecule has 11 heteroatoms. The second-order valence-corrected chi connectivity index (χ2v) is 11.5. The Morgan fingerprint density at radius 2 is 1.93 bits per heavy atom. The zero-order chi connectivity index (χ0) is 31.5. The number of hydrogen-bond acceptors (Lipinski definition) is 9. The first-order chi connectivity index (χ1) is 21.9. The van der Waals surface area contributed by atoms with Crippen molar-refractivity contribution in [2.75, 3.05) is 33.9 Å². The fraction of sp³-hybridized carbons (Fsp3) is 0.412. The zero-order valence-electron chi connectivity index (χ0n) is 25.7. The number of aromatic nitrogens is 3. The van der Waals surface area contributed by atoms with Crippen molar-refractivity contribution in [3.05, 3.63) is 82.6 Å². The topological polar surface area (TPSA) is 112 Å². The summed E-state index contributed by atoms with van der Waals surface area (Å²) < 4.78 is 38.7. The summed E-state index contributed by atoms with van der Waals surface area (Å²) in [4.78, 5) is 24.7. The van der Waals surface area contributed by atoms with Crippen LogP contribution in [0.15, 0.2) is 48.5 Å². The largest absolute Gasteiger partial charge is 0.494 e. The third kappa shape index (κ3) is 6.34. The van der Waals surface area contributed by atoms with Gasteiger partial charge < -0.3 is 23.5 Å². The molecule has 6 rings (SSSR count). The van der Waals surface area contributed by atoms with Gasteiger partial charge in [0.25, 0.3) is 0 Å². The molecule has 45 heavy (non-hydrogen) atoms. The van der Waals surface area contributed by atoms with Crippen molar-refractivity contribution in [1.29, 1.82) is 5.26 Å². The minimum absolute atomic E-state index is 0.00894. The molecule has 0 spiro atoms. The Hall–Kier alpha value is -4.53. The van der Waals surface area contributed by atoms with E-state index in [0.717, 1.165) is 56.0 Å². The maximum Gasteiger partial charge on any atom is 0.338 e. The van der Waals surface area contributed by atoms with Crippen LogP contribution in [-0.2, 0) is 22.6 Å². The number of benzene rings is 2. The van der Waals surface area contributed by atoms with Crippen LogP contribution in [0.4, 0.5) is 4.39 Å². The third-order valence-corrected chi connectivity index (χ3v) is 8.84. The van der Waals surface area contributed by atoms with Gasteiger partial charge in [0.2, 0.25) is 5.88 Å². The van der Waals surface area contributed by atoms with E-state index in [-0.39, 0.29) is 30.2 Å². The second kappa shape index (κ2) is 13.2. The first kappa shape index (κ1) is 30.5. The Morgan fingerprint density at radius 1 is 1.13 bits per heavy atom. The highest BCUT2D eigenvalue weighted by molar-refractivity contribution is 5.96. The molecule has 1 unspecified atom stereocenters. The lowest BCUT2D eigenvalue weighted by Crippen LogP contribution is -2.37. The molecule has 2 aromatic heterocycles. The number of halogens is 1. The predicted molar refractivity (Wildman–Crippen MR) is 164 cm³/mol. The number of fused-ring (bicyclic) bond motifs is 1. The molecule has 2 atom stereocenters. The molecule has 2 aliphatic rings. The van der Waals surface area contributed by atoms with Gasteiger partial charge in [-0.25, -0.2) is 19.2 Å². The van der Waals surface area contributed by atoms with Gasteiger partial charge in [-0.15, -0.1) is 0 Å². The van der Waals surface area contributed by atoms with Crippen molar-refractivity contribution >= 4 is 17.0 Å². The highest BCUT2D eigenvalue weighted by Gasteiger charge is 2.31. The molecule has 0 N–H and O–H groups in total. The molecule has 0 radical (unpaired) electrons. The summed E-state index contributed by atoms with van der Waals surface area (Å²) in [6, 6.07) is 15.5. The van der Waals surface area contributed by atoms with Crippen LogP contribution in [0.1, 0.15) is 71.1 Å². The van der Waals surface area contributed by atoms with Crippen LogP contribution >= 0.6 is 0 Å². The summed E-state index contributed by atoms with van der Waals surface area (Å²) in [6.45, 7) is 5.29. The quantitative estimate of drug-likeness (QED) is 0.213. The van der Waals surface area contributed by atoms with E-state index in [2.05, 4.69) is 16.4 Å². The molecule has 0 amide bonds. The van der Waals surface area contributed by atoms with Gasteiger partial charge in [0.05, 0.1) is 55.6 Å². The molecule has 2 aromatic carbocycles. The van der Waals surface area contributed by atoms with Gasteiger partial charge in [0, 0.05) is 29.8 Å². The maximum absolute atomic E-state index is 14.3. The average molecular weight is 614 g/mol. The molecule has 2 aliphatic heterocycles. The Bertz CT molecular complexity index is 1740. The lowest BCUT2D eigenvalue weighted by Gasteiger charge is -2.36. The van der Waals surface area contributed by atoms with Gasteiger partial charge >= 0.3 is 5.97 Å². The number of hydrogen-bond donors (Lipinski definition) is 0. The van der Waals surface area contributed by atoms with E-state index >= 15 is 0 Å². The Morgan fingerprint density at radius 3 is 2.60 bits per heavy atom. The number of likely N-dealkylation sites (tertiary alicyclic amines) is 1. The Labute approximate surface area is 261 Å². The number of piperidine rings is 1. The molecule has 2 saturated heterocycles. The second-order valence-electron chi connectivity index (χ2n) is 11.5. The van der Waals surface area contributed by atoms with E-state index in [1.807, 2.05) is 24.3 Å². The SMILES string of the molecule is COC(=O)c1cc(OC)c2nc(C(C)N3CCC(c4cccc(OCc5ccc(C#N)cc5F)n4)CC3)n(C[C@@H]3CCO3)c2c1. The first-order valence-electron chi connectivity index (χ1n) is 15.2. The first-order valence-corrected chi connectivity index (χ1v) is 15.2. The van der Waals surface area contributed by atoms with Crippen molar-refractivity contribution in [2.24, 2.45) is 0 Å². The number of ether oxygens (including phenoxy) is 4. The molecule has 4 aromatic rings. The number of rotatable bonds is 10. The fourth-order valence-electron chi connectivity index (χ4n) is 6.11. The summed E-state index contributed by atoms with van der Waals surface area (Å²) in [7, 11) is 2.95. The third-order valence-electron chi connectivity index (χ3n) is 8.84. The molecular formula is C34H36FN5O5. The number of imidazole rings is 1. The molecule has 10 nitrogen and oxygen atoms in total. The fourth-order valence-corrected chi connectivity index (χ4v) is 6.11. The number of pyridine rings is 1. The smallest absolute Gasteiger partial charge is 0.338 e. The molecule has 0 saturated carbocycles. The van der Waals surface area contributed by atoms with E-state index in [4.69, 9.17) is 34.2 Å². The van der Waals surface area contributed by atoms with Crippen LogP contribution in [0.3, 0.4) is 0 Å². The summed E-state index contributed by atoms with van der Waals surface area (Å²) in [6.07, 6.45) is 2.89. The number of nitriles is 1. The summed E-state index contributed by atoms with van der Waals surface area (Å²) in [5.41, 5.74) is 3.55. The number of methoxy groups -OCH3 is 2. The number of carbonyl (C=O) groups excluding carboxylic acids is 1. The van der Waals surface area contributed by atoms with Gasteiger partial charge in [-0.3, -0.25) is 4.90 Å². The highest BCUT2D eigenvalue weighted by Crippen LogP contribution is 2.36. The monoisotopic (exact) mass is 613 g/mol. The molecule has 234 valence electrons. The predicted octanol–water partition coefficient (Wildman–Crippen LogP) is 5.55. The molecule has 0 bridgehead atoms. The van der Waals surface area contributed by atoms with Gasteiger partial charge in [-0.2, -0.15) is 5.26 Å². The van der Waals surface area contributed by atoms with Crippen molar-refractivity contribution in [3.63, 3.8) is 0 Å². The van der Waals surface area contributed by atoms with Crippen molar-refractivity contribution < 1.29 is 28.1 Å². The molecule has 2 fully saturated rings. The van der Waals surface area contributed by atoms with Gasteiger partial charge in [0.15, 0.2) is 0 Å². The van der Waals surface area contributed by atoms with Gasteiger partial charge in [-0.1, -0.05) is 12.1 Å². The number of nitrogens with zero attached hydrogens (tertiary/aromatic N) is 5. The summed E-state index contributed by atoms with van der Waals surface area (Å²) >= 11 is 0. The summed E-state index contributed by atoms with van der Waals surface area (Å²) in [5, 5.41) is 8.97. The normalized spacial score (nSPS) is 17.8. The minimum Gasteiger partial charge on any atom is -0.494 e. The number of esters is 1. The van der Waals surface area contributed by atoms with E-state index in [9.17, 15) is 9.18 Å². The lowest BCUT2D eigenvalue weighted by molar-refractivity contribution is -0.0594. The average Bonchev–Trinajstić information content (AvgIpc) is 3.42. The molecular weight excluding hydrogens is 577 g/mol. The Balaban J connectivity index is 1.17. The maximum atomic E-state index is 14.3. The van der Waals surface area contributed by atoms with Gasteiger partial charge in [0.1, 0.15) is 29.5 Å². The highest BCUT2D eigenvalue weighted by atomic mass is 19.1. The van der Waals surface area contributed by atoms with Crippen LogP contribution in [0.25, 0.3) is 11.0 Å². The van der Waals surface area contributed by atoms with Crippen LogP contribution in [0.5, 0.6) is 11.6 Å². The molecule has 4 heterocycles. The van der Waals surface area contributed by atoms with E-state index in [0.29, 0.717) is 34.8 Å². The van der Waals surface area contributed by atoms with E-state index in [1.165, 1.54) is 13.2 Å². The number of carbonyl (C=O) groups is 1. The van der Waals surface area contributed by atoms with Gasteiger partial charge in [-0.05, 0) is 69.6 Å². The van der Waals surface area contributed by atoms with E-state index in [1.54, 1.807) is 31.4 Å². The standard InChI is InChI=1S/C34H36FN5O5/c1-21(33-38-32-29(40(33)19-26-11-14-44-26)16-25(34(41)43-3)17-30(32)42-2)39-12-9-23(10-13-39)28-5-4-6-31(37-28)45-20-24-8-7-22(18-36)15-27(24)35/h4-8,15-17,21,23,26H,9-14,19-20H2,1-3H3/t21?,26-/m0/s1. The van der Waals surface area contributed by atoms with Crippen LogP contribution in [0.2, 0.25) is 0 Å². The summed E-state index contributed by atoms with van der Waals surface area (Å²) in [5.74, 6) is 1.24. The minimum atomic E-state index is -0.470. The van der Waals surface area contributed by atoms with Crippen molar-refractivity contribution in [3.8, 4) is 17.7 Å². The van der Waals surface area contributed by atoms with E-state index < -0.39 is 11.8 Å². The Kier molecular flexibility index (Phi) is 8.96. The van der Waals surface area contributed by atoms with Crippen molar-refractivity contribution in [1.82, 2.24) is 19.4 Å². The van der Waals surface area contributed by atoms with Crippen LogP contribution < -0.4 is 9.47 Å². The lowest BCUT2D eigenvalue weighted by atomic mass is 9.92. The van der Waals surface area contributed by atoms with Crippen LogP contribution in [0, 0.1) is 17.1 Å². The molecule has 0 aliphatic carbocycles. The zero-order valence-corrected chi connectivity index (χ0v) is 25.7.